The van der Waals surface area contributed by atoms with E-state index in [-0.39, 0.29) is 6.10 Å². The lowest BCUT2D eigenvalue weighted by Crippen LogP contribution is -2.26. The molecule has 0 saturated carbocycles. The summed E-state index contributed by atoms with van der Waals surface area (Å²) in [6.45, 7) is 7.74. The average Bonchev–Trinajstić information content (AvgIpc) is 2.86. The summed E-state index contributed by atoms with van der Waals surface area (Å²) in [6, 6.07) is 4.03. The second-order valence-electron chi connectivity index (χ2n) is 5.31. The second-order valence-corrected chi connectivity index (χ2v) is 5.31. The smallest absolute Gasteiger partial charge is 0.239 e. The minimum absolute atomic E-state index is 0.0608. The summed E-state index contributed by atoms with van der Waals surface area (Å²) in [5.74, 6) is 1.83. The highest BCUT2D eigenvalue weighted by Crippen LogP contribution is 2.24. The van der Waals surface area contributed by atoms with Crippen LogP contribution >= 0.6 is 0 Å². The van der Waals surface area contributed by atoms with E-state index in [4.69, 9.17) is 15.2 Å². The Balaban J connectivity index is 2.03. The number of ether oxygens (including phenoxy) is 2. The zero-order valence-electron chi connectivity index (χ0n) is 11.8. The normalized spacial score (nSPS) is 20.5. The Labute approximate surface area is 114 Å². The van der Waals surface area contributed by atoms with Crippen LogP contribution in [-0.4, -0.2) is 30.3 Å². The van der Waals surface area contributed by atoms with Crippen LogP contribution in [0.15, 0.2) is 12.1 Å². The lowest BCUT2D eigenvalue weighted by Gasteiger charge is -2.20. The van der Waals surface area contributed by atoms with Gasteiger partial charge in [0.25, 0.3) is 0 Å². The van der Waals surface area contributed by atoms with Crippen molar-refractivity contribution >= 4 is 11.5 Å². The van der Waals surface area contributed by atoms with Gasteiger partial charge in [0, 0.05) is 18.6 Å². The molecule has 0 radical (unpaired) electrons. The number of nitrogens with two attached hydrogens (primary N) is 1. The van der Waals surface area contributed by atoms with Crippen molar-refractivity contribution in [3.05, 3.63) is 12.1 Å². The molecule has 2 rings (SSSR count). The van der Waals surface area contributed by atoms with E-state index in [1.165, 1.54) is 0 Å². The molecule has 5 nitrogen and oxygen atoms in total. The molecule has 0 spiro atoms. The number of aromatic nitrogens is 1. The van der Waals surface area contributed by atoms with Gasteiger partial charge in [0.15, 0.2) is 0 Å². The van der Waals surface area contributed by atoms with Gasteiger partial charge in [0.2, 0.25) is 5.88 Å². The number of hydrogen-bond acceptors (Lipinski definition) is 5. The van der Waals surface area contributed by atoms with E-state index in [1.54, 1.807) is 0 Å². The first kappa shape index (κ1) is 13.9. The number of nitrogen functional groups attached to an aromatic ring is 1. The van der Waals surface area contributed by atoms with Crippen molar-refractivity contribution in [3.8, 4) is 5.88 Å². The molecule has 1 aliphatic heterocycles. The fraction of sp³-hybridized carbons (Fsp3) is 0.643. The quantitative estimate of drug-likeness (QED) is 0.855. The molecule has 1 aliphatic rings. The maximum atomic E-state index is 5.86. The van der Waals surface area contributed by atoms with Gasteiger partial charge in [-0.15, -0.1) is 0 Å². The minimum atomic E-state index is 0.0608. The van der Waals surface area contributed by atoms with Gasteiger partial charge in [-0.25, -0.2) is 0 Å². The number of anilines is 2. The molecule has 1 aromatic heterocycles. The Morgan fingerprint density at radius 2 is 2.21 bits per heavy atom. The first-order chi connectivity index (χ1) is 9.06. The van der Waals surface area contributed by atoms with Crippen LogP contribution in [0.5, 0.6) is 5.88 Å². The topological polar surface area (TPSA) is 69.4 Å². The number of pyridine rings is 1. The van der Waals surface area contributed by atoms with E-state index < -0.39 is 0 Å². The van der Waals surface area contributed by atoms with Crippen molar-refractivity contribution in [2.75, 3.05) is 24.3 Å². The molecule has 106 valence electrons. The van der Waals surface area contributed by atoms with E-state index in [9.17, 15) is 0 Å². The third-order valence-electron chi connectivity index (χ3n) is 3.28. The summed E-state index contributed by atoms with van der Waals surface area (Å²) in [6.07, 6.45) is 1.16. The number of nitrogens with one attached hydrogen (secondary N) is 1. The predicted octanol–water partition coefficient (Wildman–Crippen LogP) is 2.29. The van der Waals surface area contributed by atoms with E-state index in [1.807, 2.05) is 26.0 Å². The van der Waals surface area contributed by atoms with Gasteiger partial charge >= 0.3 is 0 Å². The Kier molecular flexibility index (Phi) is 4.47. The number of nitrogens with zero attached hydrogens (tertiary/aromatic N) is 1. The molecular formula is C14H23N3O2. The van der Waals surface area contributed by atoms with Gasteiger partial charge in [0.1, 0.15) is 5.82 Å². The van der Waals surface area contributed by atoms with Crippen LogP contribution in [0, 0.1) is 5.92 Å². The van der Waals surface area contributed by atoms with Gasteiger partial charge in [-0.1, -0.05) is 0 Å². The molecule has 2 heterocycles. The predicted molar refractivity (Wildman–Crippen MR) is 76.4 cm³/mol. The zero-order valence-corrected chi connectivity index (χ0v) is 11.8. The van der Waals surface area contributed by atoms with Gasteiger partial charge in [-0.3, -0.25) is 0 Å². The average molecular weight is 265 g/mol. The minimum Gasteiger partial charge on any atom is -0.473 e. The van der Waals surface area contributed by atoms with Crippen molar-refractivity contribution in [1.29, 1.82) is 0 Å². The number of rotatable bonds is 5. The van der Waals surface area contributed by atoms with E-state index in [0.29, 0.717) is 23.5 Å². The van der Waals surface area contributed by atoms with Crippen molar-refractivity contribution < 1.29 is 9.47 Å². The summed E-state index contributed by atoms with van der Waals surface area (Å²) in [7, 11) is 0. The maximum Gasteiger partial charge on any atom is 0.239 e. The summed E-state index contributed by atoms with van der Waals surface area (Å²) < 4.78 is 11.0. The highest BCUT2D eigenvalue weighted by atomic mass is 16.5. The highest BCUT2D eigenvalue weighted by Gasteiger charge is 2.22. The summed E-state index contributed by atoms with van der Waals surface area (Å²) in [5.41, 5.74) is 6.42. The third kappa shape index (κ3) is 3.73. The van der Waals surface area contributed by atoms with Crippen LogP contribution in [0.2, 0.25) is 0 Å². The highest BCUT2D eigenvalue weighted by molar-refractivity contribution is 5.53. The van der Waals surface area contributed by atoms with Gasteiger partial charge in [-0.05, 0) is 39.3 Å². The van der Waals surface area contributed by atoms with Crippen molar-refractivity contribution in [3.63, 3.8) is 0 Å². The molecule has 0 aliphatic carbocycles. The Hall–Kier alpha value is -1.49. The first-order valence-electron chi connectivity index (χ1n) is 6.83. The van der Waals surface area contributed by atoms with Crippen molar-refractivity contribution in [1.82, 2.24) is 4.98 Å². The van der Waals surface area contributed by atoms with Crippen molar-refractivity contribution in [2.45, 2.75) is 39.3 Å². The summed E-state index contributed by atoms with van der Waals surface area (Å²) in [4.78, 5) is 4.42. The Bertz CT molecular complexity index is 417. The van der Waals surface area contributed by atoms with Gasteiger partial charge < -0.3 is 20.5 Å². The molecule has 0 aromatic carbocycles. The standard InChI is InChI=1S/C14H23N3O2/c1-9(2)19-14-12(15)4-5-13(17-14)16-10(3)11-6-7-18-8-11/h4-5,9-11H,6-8,15H2,1-3H3,(H,16,17). The van der Waals surface area contributed by atoms with Gasteiger partial charge in [0.05, 0.1) is 18.4 Å². The van der Waals surface area contributed by atoms with Crippen LogP contribution in [0.3, 0.4) is 0 Å². The van der Waals surface area contributed by atoms with Crippen LogP contribution < -0.4 is 15.8 Å². The molecule has 1 saturated heterocycles. The molecule has 0 bridgehead atoms. The summed E-state index contributed by atoms with van der Waals surface area (Å²) >= 11 is 0. The SMILES string of the molecule is CC(C)Oc1nc(NC(C)C2CCOC2)ccc1N. The molecule has 19 heavy (non-hydrogen) atoms. The van der Waals surface area contributed by atoms with E-state index >= 15 is 0 Å². The molecule has 0 amide bonds. The van der Waals surface area contributed by atoms with Crippen LogP contribution in [0.1, 0.15) is 27.2 Å². The fourth-order valence-electron chi connectivity index (χ4n) is 2.15. The Morgan fingerprint density at radius 1 is 1.42 bits per heavy atom. The second kappa shape index (κ2) is 6.10. The fourth-order valence-corrected chi connectivity index (χ4v) is 2.15. The van der Waals surface area contributed by atoms with Gasteiger partial charge in [-0.2, -0.15) is 4.98 Å². The van der Waals surface area contributed by atoms with E-state index in [2.05, 4.69) is 17.2 Å². The lowest BCUT2D eigenvalue weighted by molar-refractivity contribution is 0.183. The van der Waals surface area contributed by atoms with Crippen LogP contribution in [-0.2, 0) is 4.74 Å². The summed E-state index contributed by atoms with van der Waals surface area (Å²) in [5, 5.41) is 3.40. The third-order valence-corrected chi connectivity index (χ3v) is 3.28. The Morgan fingerprint density at radius 3 is 2.84 bits per heavy atom. The molecule has 3 N–H and O–H groups in total. The monoisotopic (exact) mass is 265 g/mol. The number of hydrogen-bond donors (Lipinski definition) is 2. The van der Waals surface area contributed by atoms with E-state index in [0.717, 1.165) is 25.5 Å². The lowest BCUT2D eigenvalue weighted by atomic mass is 10.0. The van der Waals surface area contributed by atoms with Crippen LogP contribution in [0.4, 0.5) is 11.5 Å². The van der Waals surface area contributed by atoms with Crippen molar-refractivity contribution in [2.24, 2.45) is 5.92 Å². The zero-order chi connectivity index (χ0) is 13.8. The molecule has 2 unspecified atom stereocenters. The van der Waals surface area contributed by atoms with Crippen LogP contribution in [0.25, 0.3) is 0 Å². The molecular weight excluding hydrogens is 242 g/mol. The largest absolute Gasteiger partial charge is 0.473 e. The molecule has 1 aromatic rings. The molecule has 5 heteroatoms. The molecule has 2 atom stereocenters. The molecule has 1 fully saturated rings. The maximum absolute atomic E-state index is 5.86. The first-order valence-corrected chi connectivity index (χ1v) is 6.83.